The summed E-state index contributed by atoms with van der Waals surface area (Å²) in [6.07, 6.45) is 3.05. The van der Waals surface area contributed by atoms with Crippen LogP contribution in [0.2, 0.25) is 0 Å². The van der Waals surface area contributed by atoms with Crippen molar-refractivity contribution in [3.05, 3.63) is 90.5 Å². The van der Waals surface area contributed by atoms with E-state index in [0.29, 0.717) is 5.39 Å². The molecule has 4 heteroatoms. The van der Waals surface area contributed by atoms with E-state index in [1.54, 1.807) is 12.1 Å². The lowest BCUT2D eigenvalue weighted by Gasteiger charge is -2.20. The number of aryl methyl sites for hydroxylation is 1. The molecule has 0 unspecified atom stereocenters. The smallest absolute Gasteiger partial charge is 0.321 e. The van der Waals surface area contributed by atoms with Crippen molar-refractivity contribution >= 4 is 45.2 Å². The van der Waals surface area contributed by atoms with Gasteiger partial charge in [0.15, 0.2) is 0 Å². The van der Waals surface area contributed by atoms with Gasteiger partial charge >= 0.3 is 7.60 Å². The molecule has 0 radical (unpaired) electrons. The molecule has 0 heterocycles. The molecule has 0 spiro atoms. The molecule has 5 aromatic rings. The van der Waals surface area contributed by atoms with Crippen LogP contribution in [0.25, 0.3) is 43.4 Å². The molecular formula is C28H25O3P. The van der Waals surface area contributed by atoms with Crippen molar-refractivity contribution in [3.63, 3.8) is 0 Å². The van der Waals surface area contributed by atoms with Crippen LogP contribution in [0, 0.1) is 0 Å². The number of hydrogen-bond acceptors (Lipinski definition) is 1. The van der Waals surface area contributed by atoms with Gasteiger partial charge in [0.1, 0.15) is 0 Å². The maximum absolute atomic E-state index is 12.6. The highest BCUT2D eigenvalue weighted by molar-refractivity contribution is 7.60. The average molecular weight is 440 g/mol. The van der Waals surface area contributed by atoms with Crippen molar-refractivity contribution in [1.29, 1.82) is 0 Å². The van der Waals surface area contributed by atoms with Crippen LogP contribution in [-0.4, -0.2) is 9.79 Å². The van der Waals surface area contributed by atoms with Crippen molar-refractivity contribution in [1.82, 2.24) is 0 Å². The zero-order valence-corrected chi connectivity index (χ0v) is 18.8. The van der Waals surface area contributed by atoms with Crippen molar-refractivity contribution in [3.8, 4) is 11.1 Å². The van der Waals surface area contributed by atoms with E-state index in [1.165, 1.54) is 5.56 Å². The molecule has 5 rings (SSSR count). The van der Waals surface area contributed by atoms with Gasteiger partial charge in [-0.3, -0.25) is 4.57 Å². The van der Waals surface area contributed by atoms with E-state index in [1.807, 2.05) is 36.4 Å². The summed E-state index contributed by atoms with van der Waals surface area (Å²) in [5.41, 5.74) is 3.21. The highest BCUT2D eigenvalue weighted by Crippen LogP contribution is 2.45. The third kappa shape index (κ3) is 3.53. The fraction of sp³-hybridized carbons (Fsp3) is 0.143. The molecule has 160 valence electrons. The molecule has 0 fully saturated rings. The van der Waals surface area contributed by atoms with Gasteiger partial charge in [0, 0.05) is 5.39 Å². The van der Waals surface area contributed by atoms with Crippen molar-refractivity contribution < 1.29 is 14.4 Å². The van der Waals surface area contributed by atoms with Gasteiger partial charge in [0.2, 0.25) is 0 Å². The predicted octanol–water partition coefficient (Wildman–Crippen LogP) is 6.96. The van der Waals surface area contributed by atoms with Gasteiger partial charge in [-0.1, -0.05) is 86.1 Å². The predicted molar refractivity (Wildman–Crippen MR) is 135 cm³/mol. The summed E-state index contributed by atoms with van der Waals surface area (Å²) < 4.78 is 12.6. The zero-order valence-electron chi connectivity index (χ0n) is 18.0. The molecule has 32 heavy (non-hydrogen) atoms. The summed E-state index contributed by atoms with van der Waals surface area (Å²) in [4.78, 5) is 20.5. The van der Waals surface area contributed by atoms with Crippen LogP contribution in [0.5, 0.6) is 0 Å². The molecule has 0 saturated carbocycles. The van der Waals surface area contributed by atoms with Crippen LogP contribution in [-0.2, 0) is 11.0 Å². The van der Waals surface area contributed by atoms with Crippen LogP contribution in [0.3, 0.4) is 0 Å². The van der Waals surface area contributed by atoms with Crippen LogP contribution < -0.4 is 5.30 Å². The van der Waals surface area contributed by atoms with Crippen molar-refractivity contribution in [2.45, 2.75) is 26.2 Å². The standard InChI is InChI=1S/C28H25O3P/c1-2-3-9-20-17-16-19-10-4-6-13-23(19)26(20)28-24-14-7-5-11-21(24)18-22-12-8-15-25(27(22)28)32(29,30)31/h4-8,10-18H,2-3,9H2,1H3,(H2,29,30,31). The number of fused-ring (bicyclic) bond motifs is 3. The van der Waals surface area contributed by atoms with E-state index in [-0.39, 0.29) is 5.30 Å². The van der Waals surface area contributed by atoms with Gasteiger partial charge in [-0.15, -0.1) is 0 Å². The van der Waals surface area contributed by atoms with Crippen LogP contribution >= 0.6 is 7.60 Å². The largest absolute Gasteiger partial charge is 0.356 e. The Hall–Kier alpha value is -2.97. The third-order valence-electron chi connectivity index (χ3n) is 6.24. The first-order valence-electron chi connectivity index (χ1n) is 11.0. The Bertz CT molecular complexity index is 1510. The van der Waals surface area contributed by atoms with E-state index >= 15 is 0 Å². The molecule has 0 amide bonds. The lowest BCUT2D eigenvalue weighted by molar-refractivity contribution is 0.388. The summed E-state index contributed by atoms with van der Waals surface area (Å²) in [5, 5.41) is 5.88. The molecule has 5 aromatic carbocycles. The van der Waals surface area contributed by atoms with Gasteiger partial charge in [-0.05, 0) is 68.6 Å². The Morgan fingerprint density at radius 2 is 1.38 bits per heavy atom. The Balaban J connectivity index is 2.05. The van der Waals surface area contributed by atoms with Crippen LogP contribution in [0.15, 0.2) is 84.9 Å². The molecule has 3 nitrogen and oxygen atoms in total. The molecule has 0 atom stereocenters. The van der Waals surface area contributed by atoms with Crippen LogP contribution in [0.4, 0.5) is 0 Å². The number of unbranched alkanes of at least 4 members (excludes halogenated alkanes) is 1. The number of rotatable bonds is 5. The van der Waals surface area contributed by atoms with Gasteiger partial charge in [0.25, 0.3) is 0 Å². The molecule has 0 aliphatic carbocycles. The van der Waals surface area contributed by atoms with Crippen molar-refractivity contribution in [2.24, 2.45) is 0 Å². The highest BCUT2D eigenvalue weighted by atomic mass is 31.2. The SMILES string of the molecule is CCCCc1ccc2ccccc2c1-c1c2ccccc2cc2cccc(P(=O)(O)O)c12. The highest BCUT2D eigenvalue weighted by Gasteiger charge is 2.25. The van der Waals surface area contributed by atoms with Gasteiger partial charge in [0.05, 0.1) is 5.30 Å². The second-order valence-corrected chi connectivity index (χ2v) is 9.89. The van der Waals surface area contributed by atoms with E-state index < -0.39 is 7.60 Å². The topological polar surface area (TPSA) is 57.5 Å². The molecule has 0 aliphatic rings. The fourth-order valence-corrected chi connectivity index (χ4v) is 5.61. The minimum atomic E-state index is -4.49. The van der Waals surface area contributed by atoms with Gasteiger partial charge in [-0.2, -0.15) is 0 Å². The fourth-order valence-electron chi connectivity index (χ4n) is 4.79. The monoisotopic (exact) mass is 440 g/mol. The molecule has 2 N–H and O–H groups in total. The summed E-state index contributed by atoms with van der Waals surface area (Å²) >= 11 is 0. The Labute approximate surface area is 187 Å². The summed E-state index contributed by atoms with van der Waals surface area (Å²) in [5.74, 6) is 0. The molecular weight excluding hydrogens is 415 g/mol. The first kappa shape index (κ1) is 20.9. The van der Waals surface area contributed by atoms with Gasteiger partial charge in [-0.25, -0.2) is 0 Å². The second-order valence-electron chi connectivity index (χ2n) is 8.32. The van der Waals surface area contributed by atoms with E-state index in [2.05, 4.69) is 43.3 Å². The molecule has 0 aromatic heterocycles. The Morgan fingerprint density at radius 3 is 2.09 bits per heavy atom. The van der Waals surface area contributed by atoms with Gasteiger partial charge < -0.3 is 9.79 Å². The quantitative estimate of drug-likeness (QED) is 0.229. The van der Waals surface area contributed by atoms with E-state index in [4.69, 9.17) is 0 Å². The lowest BCUT2D eigenvalue weighted by atomic mass is 9.85. The third-order valence-corrected chi connectivity index (χ3v) is 7.24. The maximum atomic E-state index is 12.6. The molecule has 0 aliphatic heterocycles. The normalized spacial score (nSPS) is 12.1. The van der Waals surface area contributed by atoms with Crippen LogP contribution in [0.1, 0.15) is 25.3 Å². The first-order chi connectivity index (χ1) is 15.5. The minimum Gasteiger partial charge on any atom is -0.321 e. The molecule has 0 bridgehead atoms. The zero-order chi connectivity index (χ0) is 22.3. The van der Waals surface area contributed by atoms with E-state index in [9.17, 15) is 14.4 Å². The first-order valence-corrected chi connectivity index (χ1v) is 12.6. The van der Waals surface area contributed by atoms with E-state index in [0.717, 1.165) is 57.3 Å². The second kappa shape index (κ2) is 8.18. The Morgan fingerprint density at radius 1 is 0.719 bits per heavy atom. The average Bonchev–Trinajstić information content (AvgIpc) is 2.80. The summed E-state index contributed by atoms with van der Waals surface area (Å²) in [6, 6.07) is 28.0. The maximum Gasteiger partial charge on any atom is 0.356 e. The minimum absolute atomic E-state index is 0.0881. The number of benzene rings is 5. The Kier molecular flexibility index (Phi) is 5.35. The molecule has 0 saturated heterocycles. The summed E-state index contributed by atoms with van der Waals surface area (Å²) in [6.45, 7) is 2.18. The summed E-state index contributed by atoms with van der Waals surface area (Å²) in [7, 11) is -4.49. The van der Waals surface area contributed by atoms with Crippen molar-refractivity contribution in [2.75, 3.05) is 0 Å². The number of hydrogen-bond donors (Lipinski definition) is 2. The lowest BCUT2D eigenvalue weighted by Crippen LogP contribution is -2.07.